The van der Waals surface area contributed by atoms with Crippen molar-refractivity contribution in [3.63, 3.8) is 0 Å². The van der Waals surface area contributed by atoms with E-state index in [0.717, 1.165) is 6.42 Å². The Morgan fingerprint density at radius 1 is 1.00 bits per heavy atom. The number of allylic oxidation sites excluding steroid dienone is 1. The summed E-state index contributed by atoms with van der Waals surface area (Å²) in [6.07, 6.45) is 5.09. The summed E-state index contributed by atoms with van der Waals surface area (Å²) in [5.41, 5.74) is 0. The summed E-state index contributed by atoms with van der Waals surface area (Å²) in [5.74, 6) is 0. The van der Waals surface area contributed by atoms with Crippen molar-refractivity contribution < 1.29 is 4.43 Å². The highest BCUT2D eigenvalue weighted by atomic mass is 28.4. The van der Waals surface area contributed by atoms with E-state index >= 15 is 0 Å². The molecule has 0 aliphatic heterocycles. The standard InChI is InChI=1S/C10H22OSi/c1-5-9-10-11-12(6-2,7-3)8-4/h9-10H,5-8H2,1-4H3. The molecule has 0 spiro atoms. The molecule has 0 unspecified atom stereocenters. The fourth-order valence-electron chi connectivity index (χ4n) is 1.29. The van der Waals surface area contributed by atoms with E-state index < -0.39 is 8.32 Å². The van der Waals surface area contributed by atoms with Gasteiger partial charge in [-0.2, -0.15) is 0 Å². The molecule has 12 heavy (non-hydrogen) atoms. The lowest BCUT2D eigenvalue weighted by atomic mass is 10.5. The summed E-state index contributed by atoms with van der Waals surface area (Å²) in [4.78, 5) is 0. The first-order chi connectivity index (χ1) is 5.74. The molecule has 0 rings (SSSR count). The van der Waals surface area contributed by atoms with Crippen molar-refractivity contribution in [3.05, 3.63) is 12.3 Å². The van der Waals surface area contributed by atoms with Crippen molar-refractivity contribution in [3.8, 4) is 0 Å². The maximum Gasteiger partial charge on any atom is 0.249 e. The van der Waals surface area contributed by atoms with Crippen LogP contribution in [0, 0.1) is 0 Å². The van der Waals surface area contributed by atoms with Crippen LogP contribution in [-0.4, -0.2) is 8.32 Å². The van der Waals surface area contributed by atoms with E-state index in [9.17, 15) is 0 Å². The highest BCUT2D eigenvalue weighted by molar-refractivity contribution is 6.73. The Bertz CT molecular complexity index is 120. The fourth-order valence-corrected chi connectivity index (χ4v) is 3.67. The first kappa shape index (κ1) is 11.8. The smallest absolute Gasteiger partial charge is 0.249 e. The minimum absolute atomic E-state index is 1.07. The molecule has 0 aromatic carbocycles. The van der Waals surface area contributed by atoms with Crippen molar-refractivity contribution in [2.24, 2.45) is 0 Å². The molecule has 0 aromatic heterocycles. The van der Waals surface area contributed by atoms with Gasteiger partial charge in [-0.3, -0.25) is 0 Å². The number of hydrogen-bond donors (Lipinski definition) is 0. The van der Waals surface area contributed by atoms with Gasteiger partial charge in [-0.15, -0.1) is 0 Å². The molecule has 0 heterocycles. The first-order valence-corrected chi connectivity index (χ1v) is 7.60. The molecule has 0 aliphatic carbocycles. The van der Waals surface area contributed by atoms with Gasteiger partial charge in [0.2, 0.25) is 8.32 Å². The lowest BCUT2D eigenvalue weighted by molar-refractivity contribution is 0.456. The van der Waals surface area contributed by atoms with Gasteiger partial charge in [-0.25, -0.2) is 0 Å². The normalized spacial score (nSPS) is 12.3. The minimum Gasteiger partial charge on any atom is -0.549 e. The van der Waals surface area contributed by atoms with Crippen LogP contribution in [0.4, 0.5) is 0 Å². The van der Waals surface area contributed by atoms with Crippen LogP contribution in [0.2, 0.25) is 18.1 Å². The molecule has 0 radical (unpaired) electrons. The lowest BCUT2D eigenvalue weighted by Crippen LogP contribution is -2.33. The molecule has 0 aliphatic rings. The zero-order valence-electron chi connectivity index (χ0n) is 8.89. The Hall–Kier alpha value is -0.243. The molecule has 0 amide bonds. The second kappa shape index (κ2) is 6.29. The number of rotatable bonds is 6. The predicted molar refractivity (Wildman–Crippen MR) is 57.7 cm³/mol. The van der Waals surface area contributed by atoms with Gasteiger partial charge < -0.3 is 4.43 Å². The molecular weight excluding hydrogens is 164 g/mol. The van der Waals surface area contributed by atoms with Gasteiger partial charge >= 0.3 is 0 Å². The molecule has 0 bridgehead atoms. The molecule has 0 fully saturated rings. The molecular formula is C10H22OSi. The van der Waals surface area contributed by atoms with Crippen LogP contribution >= 0.6 is 0 Å². The van der Waals surface area contributed by atoms with E-state index in [0.29, 0.717) is 0 Å². The third-order valence-corrected chi connectivity index (χ3v) is 7.09. The molecule has 0 saturated carbocycles. The Labute approximate surface area is 78.0 Å². The van der Waals surface area contributed by atoms with Crippen molar-refractivity contribution in [2.45, 2.75) is 52.2 Å². The maximum absolute atomic E-state index is 5.88. The fraction of sp³-hybridized carbons (Fsp3) is 0.800. The Balaban J connectivity index is 4.01. The molecule has 0 aromatic rings. The molecule has 0 saturated heterocycles. The van der Waals surface area contributed by atoms with E-state index in [-0.39, 0.29) is 0 Å². The topological polar surface area (TPSA) is 9.23 Å². The monoisotopic (exact) mass is 186 g/mol. The zero-order chi connectivity index (χ0) is 9.45. The summed E-state index contributed by atoms with van der Waals surface area (Å²) >= 11 is 0. The average molecular weight is 186 g/mol. The Morgan fingerprint density at radius 3 is 1.83 bits per heavy atom. The van der Waals surface area contributed by atoms with Gasteiger partial charge in [0.15, 0.2) is 0 Å². The van der Waals surface area contributed by atoms with E-state index in [2.05, 4.69) is 33.8 Å². The van der Waals surface area contributed by atoms with Gasteiger partial charge in [-0.1, -0.05) is 33.8 Å². The Morgan fingerprint density at radius 2 is 1.50 bits per heavy atom. The quantitative estimate of drug-likeness (QED) is 0.451. The van der Waals surface area contributed by atoms with Crippen molar-refractivity contribution in [1.29, 1.82) is 0 Å². The summed E-state index contributed by atoms with van der Waals surface area (Å²) in [7, 11) is -1.34. The highest BCUT2D eigenvalue weighted by Gasteiger charge is 2.28. The molecule has 72 valence electrons. The number of hydrogen-bond acceptors (Lipinski definition) is 1. The lowest BCUT2D eigenvalue weighted by Gasteiger charge is -2.26. The summed E-state index contributed by atoms with van der Waals surface area (Å²) in [5, 5.41) is 0. The van der Waals surface area contributed by atoms with E-state index in [1.807, 2.05) is 6.26 Å². The Kier molecular flexibility index (Phi) is 6.16. The SMILES string of the molecule is CCC=CO[Si](CC)(CC)CC. The molecule has 1 nitrogen and oxygen atoms in total. The van der Waals surface area contributed by atoms with Gasteiger partial charge in [0.1, 0.15) is 0 Å². The van der Waals surface area contributed by atoms with Gasteiger partial charge in [0.25, 0.3) is 0 Å². The molecule has 0 N–H and O–H groups in total. The molecule has 0 atom stereocenters. The van der Waals surface area contributed by atoms with E-state index in [1.165, 1.54) is 18.1 Å². The van der Waals surface area contributed by atoms with Crippen LogP contribution in [-0.2, 0) is 4.43 Å². The average Bonchev–Trinajstić information content (AvgIpc) is 2.14. The summed E-state index contributed by atoms with van der Waals surface area (Å²) in [6.45, 7) is 8.88. The minimum atomic E-state index is -1.34. The van der Waals surface area contributed by atoms with Crippen LogP contribution in [0.3, 0.4) is 0 Å². The molecule has 2 heteroatoms. The third-order valence-electron chi connectivity index (χ3n) is 2.58. The van der Waals surface area contributed by atoms with Crippen LogP contribution in [0.1, 0.15) is 34.1 Å². The second-order valence-corrected chi connectivity index (χ2v) is 7.86. The zero-order valence-corrected chi connectivity index (χ0v) is 9.89. The van der Waals surface area contributed by atoms with Crippen molar-refractivity contribution >= 4 is 8.32 Å². The van der Waals surface area contributed by atoms with Gasteiger partial charge in [0.05, 0.1) is 6.26 Å². The second-order valence-electron chi connectivity index (χ2n) is 3.14. The highest BCUT2D eigenvalue weighted by Crippen LogP contribution is 2.21. The summed E-state index contributed by atoms with van der Waals surface area (Å²) in [6, 6.07) is 3.69. The van der Waals surface area contributed by atoms with Crippen LogP contribution in [0.15, 0.2) is 12.3 Å². The largest absolute Gasteiger partial charge is 0.549 e. The van der Waals surface area contributed by atoms with Crippen LogP contribution < -0.4 is 0 Å². The van der Waals surface area contributed by atoms with E-state index in [4.69, 9.17) is 4.43 Å². The summed E-state index contributed by atoms with van der Waals surface area (Å²) < 4.78 is 5.88. The van der Waals surface area contributed by atoms with E-state index in [1.54, 1.807) is 0 Å². The maximum atomic E-state index is 5.88. The van der Waals surface area contributed by atoms with Gasteiger partial charge in [-0.05, 0) is 24.6 Å². The van der Waals surface area contributed by atoms with Gasteiger partial charge in [0, 0.05) is 0 Å². The first-order valence-electron chi connectivity index (χ1n) is 5.07. The van der Waals surface area contributed by atoms with Crippen molar-refractivity contribution in [1.82, 2.24) is 0 Å². The predicted octanol–water partition coefficient (Wildman–Crippen LogP) is 3.93. The van der Waals surface area contributed by atoms with Crippen molar-refractivity contribution in [2.75, 3.05) is 0 Å². The van der Waals surface area contributed by atoms with Crippen LogP contribution in [0.5, 0.6) is 0 Å². The van der Waals surface area contributed by atoms with Crippen LogP contribution in [0.25, 0.3) is 0 Å². The third kappa shape index (κ3) is 3.44.